The van der Waals surface area contributed by atoms with Crippen LogP contribution in [0.4, 0.5) is 5.69 Å². The number of aliphatic carboxylic acids is 1. The van der Waals surface area contributed by atoms with Crippen LogP contribution in [0.2, 0.25) is 0 Å². The highest BCUT2D eigenvalue weighted by atomic mass is 32.2. The van der Waals surface area contributed by atoms with Crippen molar-refractivity contribution >= 4 is 29.3 Å². The van der Waals surface area contributed by atoms with E-state index >= 15 is 0 Å². The minimum absolute atomic E-state index is 0.0737. The summed E-state index contributed by atoms with van der Waals surface area (Å²) in [5, 5.41) is 11.5. The van der Waals surface area contributed by atoms with Gasteiger partial charge in [-0.1, -0.05) is 32.4 Å². The molecular formula is C14H19NO3S. The third-order valence-corrected chi connectivity index (χ3v) is 3.91. The molecule has 1 aromatic rings. The number of nitrogens with one attached hydrogen (secondary N) is 1. The standard InChI is InChI=1S/C14H19NO3S/c1-3-7-12(14(17)18)19-11-9-6-5-8-10(11)15-13(16)4-2/h5-6,8-9,12H,3-4,7H2,1-2H3,(H,15,16)(H,17,18)/t12-/m1/s1. The maximum absolute atomic E-state index is 11.4. The smallest absolute Gasteiger partial charge is 0.316 e. The fourth-order valence-corrected chi connectivity index (χ4v) is 2.72. The van der Waals surface area contributed by atoms with E-state index in [0.717, 1.165) is 11.3 Å². The van der Waals surface area contributed by atoms with Gasteiger partial charge in [-0.2, -0.15) is 0 Å². The number of carbonyl (C=O) groups is 2. The van der Waals surface area contributed by atoms with E-state index in [9.17, 15) is 14.7 Å². The number of anilines is 1. The van der Waals surface area contributed by atoms with E-state index < -0.39 is 11.2 Å². The average molecular weight is 281 g/mol. The summed E-state index contributed by atoms with van der Waals surface area (Å²) in [5.74, 6) is -0.890. The number of carboxylic acids is 1. The number of hydrogen-bond donors (Lipinski definition) is 2. The Morgan fingerprint density at radius 1 is 1.32 bits per heavy atom. The van der Waals surface area contributed by atoms with Crippen molar-refractivity contribution in [2.45, 2.75) is 43.3 Å². The minimum atomic E-state index is -0.816. The Bertz CT molecular complexity index is 448. The molecule has 1 rings (SSSR count). The number of para-hydroxylation sites is 1. The fraction of sp³-hybridized carbons (Fsp3) is 0.429. The molecule has 19 heavy (non-hydrogen) atoms. The van der Waals surface area contributed by atoms with E-state index in [4.69, 9.17) is 0 Å². The Morgan fingerprint density at radius 2 is 2.00 bits per heavy atom. The molecule has 0 bridgehead atoms. The second-order valence-corrected chi connectivity index (χ2v) is 5.38. The van der Waals surface area contributed by atoms with Crippen molar-refractivity contribution in [1.29, 1.82) is 0 Å². The highest BCUT2D eigenvalue weighted by molar-refractivity contribution is 8.00. The molecule has 5 heteroatoms. The van der Waals surface area contributed by atoms with Crippen molar-refractivity contribution in [2.24, 2.45) is 0 Å². The minimum Gasteiger partial charge on any atom is -0.480 e. The first-order valence-corrected chi connectivity index (χ1v) is 7.24. The van der Waals surface area contributed by atoms with Crippen LogP contribution in [0.5, 0.6) is 0 Å². The van der Waals surface area contributed by atoms with Crippen LogP contribution in [0.3, 0.4) is 0 Å². The summed E-state index contributed by atoms with van der Waals surface area (Å²) < 4.78 is 0. The molecule has 1 amide bonds. The van der Waals surface area contributed by atoms with Gasteiger partial charge in [0, 0.05) is 11.3 Å². The molecule has 104 valence electrons. The van der Waals surface area contributed by atoms with Gasteiger partial charge in [0.05, 0.1) is 5.69 Å². The maximum Gasteiger partial charge on any atom is 0.316 e. The van der Waals surface area contributed by atoms with Crippen molar-refractivity contribution in [1.82, 2.24) is 0 Å². The van der Waals surface area contributed by atoms with Gasteiger partial charge in [0.15, 0.2) is 0 Å². The number of amides is 1. The van der Waals surface area contributed by atoms with Gasteiger partial charge >= 0.3 is 5.97 Å². The van der Waals surface area contributed by atoms with E-state index in [1.54, 1.807) is 13.0 Å². The first-order valence-electron chi connectivity index (χ1n) is 6.36. The number of benzene rings is 1. The Labute approximate surface area is 117 Å². The largest absolute Gasteiger partial charge is 0.480 e. The summed E-state index contributed by atoms with van der Waals surface area (Å²) >= 11 is 1.29. The maximum atomic E-state index is 11.4. The highest BCUT2D eigenvalue weighted by Gasteiger charge is 2.19. The van der Waals surface area contributed by atoms with Crippen LogP contribution in [0.1, 0.15) is 33.1 Å². The summed E-state index contributed by atoms with van der Waals surface area (Å²) in [4.78, 5) is 23.4. The molecule has 2 N–H and O–H groups in total. The lowest BCUT2D eigenvalue weighted by Gasteiger charge is -2.14. The quantitative estimate of drug-likeness (QED) is 0.752. The lowest BCUT2D eigenvalue weighted by atomic mass is 10.2. The summed E-state index contributed by atoms with van der Waals surface area (Å²) in [6, 6.07) is 7.29. The second kappa shape index (κ2) is 7.84. The summed E-state index contributed by atoms with van der Waals surface area (Å²) in [5.41, 5.74) is 0.682. The molecule has 0 saturated carbocycles. The van der Waals surface area contributed by atoms with Gasteiger partial charge in [-0.3, -0.25) is 9.59 Å². The lowest BCUT2D eigenvalue weighted by molar-refractivity contribution is -0.136. The topological polar surface area (TPSA) is 66.4 Å². The molecule has 0 fully saturated rings. The van der Waals surface area contributed by atoms with Gasteiger partial charge in [0.1, 0.15) is 5.25 Å². The van der Waals surface area contributed by atoms with Crippen molar-refractivity contribution in [3.63, 3.8) is 0 Å². The SMILES string of the molecule is CCC[C@@H](Sc1ccccc1NC(=O)CC)C(=O)O. The number of rotatable bonds is 7. The highest BCUT2D eigenvalue weighted by Crippen LogP contribution is 2.32. The Kier molecular flexibility index (Phi) is 6.42. The molecule has 1 aromatic carbocycles. The van der Waals surface area contributed by atoms with E-state index in [-0.39, 0.29) is 5.91 Å². The van der Waals surface area contributed by atoms with Crippen molar-refractivity contribution < 1.29 is 14.7 Å². The monoisotopic (exact) mass is 281 g/mol. The number of carbonyl (C=O) groups excluding carboxylic acids is 1. The molecule has 0 heterocycles. The lowest BCUT2D eigenvalue weighted by Crippen LogP contribution is -2.16. The zero-order valence-corrected chi connectivity index (χ0v) is 12.0. The molecule has 4 nitrogen and oxygen atoms in total. The Hall–Kier alpha value is -1.49. The predicted molar refractivity (Wildman–Crippen MR) is 77.6 cm³/mol. The van der Waals surface area contributed by atoms with Crippen molar-refractivity contribution in [3.05, 3.63) is 24.3 Å². The number of thioether (sulfide) groups is 1. The van der Waals surface area contributed by atoms with Crippen LogP contribution in [0.15, 0.2) is 29.2 Å². The number of carboxylic acid groups (broad SMARTS) is 1. The van der Waals surface area contributed by atoms with Gasteiger partial charge in [0.2, 0.25) is 5.91 Å². The van der Waals surface area contributed by atoms with Gasteiger partial charge in [0.25, 0.3) is 0 Å². The zero-order valence-electron chi connectivity index (χ0n) is 11.2. The van der Waals surface area contributed by atoms with Crippen LogP contribution in [0.25, 0.3) is 0 Å². The predicted octanol–water partition coefficient (Wildman–Crippen LogP) is 3.38. The first-order chi connectivity index (χ1) is 9.08. The normalized spacial score (nSPS) is 11.9. The van der Waals surface area contributed by atoms with Gasteiger partial charge < -0.3 is 10.4 Å². The number of hydrogen-bond acceptors (Lipinski definition) is 3. The van der Waals surface area contributed by atoms with Crippen LogP contribution >= 0.6 is 11.8 Å². The molecule has 0 aliphatic rings. The van der Waals surface area contributed by atoms with Crippen LogP contribution < -0.4 is 5.32 Å². The molecule has 0 aliphatic heterocycles. The third-order valence-electron chi connectivity index (χ3n) is 2.58. The fourth-order valence-electron chi connectivity index (χ4n) is 1.56. The van der Waals surface area contributed by atoms with Gasteiger partial charge in [-0.15, -0.1) is 11.8 Å². The molecule has 0 aromatic heterocycles. The molecular weight excluding hydrogens is 262 g/mol. The average Bonchev–Trinajstić information content (AvgIpc) is 2.40. The first kappa shape index (κ1) is 15.6. The summed E-state index contributed by atoms with van der Waals surface area (Å²) in [6.45, 7) is 3.74. The van der Waals surface area contributed by atoms with E-state index in [1.807, 2.05) is 25.1 Å². The Balaban J connectivity index is 2.87. The molecule has 1 atom stereocenters. The molecule has 0 spiro atoms. The van der Waals surface area contributed by atoms with Crippen molar-refractivity contribution in [2.75, 3.05) is 5.32 Å². The van der Waals surface area contributed by atoms with E-state index in [2.05, 4.69) is 5.32 Å². The zero-order chi connectivity index (χ0) is 14.3. The van der Waals surface area contributed by atoms with E-state index in [1.165, 1.54) is 11.8 Å². The molecule has 0 radical (unpaired) electrons. The molecule has 0 aliphatic carbocycles. The van der Waals surface area contributed by atoms with Gasteiger partial charge in [-0.05, 0) is 18.6 Å². The Morgan fingerprint density at radius 3 is 2.58 bits per heavy atom. The van der Waals surface area contributed by atoms with Crippen LogP contribution in [-0.2, 0) is 9.59 Å². The molecule has 0 saturated heterocycles. The third kappa shape index (κ3) is 4.95. The van der Waals surface area contributed by atoms with Gasteiger partial charge in [-0.25, -0.2) is 0 Å². The second-order valence-electron chi connectivity index (χ2n) is 4.13. The van der Waals surface area contributed by atoms with Crippen LogP contribution in [-0.4, -0.2) is 22.2 Å². The van der Waals surface area contributed by atoms with Crippen LogP contribution in [0, 0.1) is 0 Å². The van der Waals surface area contributed by atoms with E-state index in [0.29, 0.717) is 18.5 Å². The molecule has 0 unspecified atom stereocenters. The summed E-state index contributed by atoms with van der Waals surface area (Å²) in [6.07, 6.45) is 1.82. The van der Waals surface area contributed by atoms with Crippen molar-refractivity contribution in [3.8, 4) is 0 Å². The summed E-state index contributed by atoms with van der Waals surface area (Å²) in [7, 11) is 0.